The fourth-order valence-electron chi connectivity index (χ4n) is 20.6. The molecule has 1 aromatic heterocycles. The number of benzene rings is 1. The number of cyclic esters (lactones) is 1. The molecule has 0 amide bonds. The number of nitrogens with zero attached hydrogens (tertiary/aromatic N) is 1. The van der Waals surface area contributed by atoms with E-state index in [4.69, 9.17) is 16.2 Å². The van der Waals surface area contributed by atoms with E-state index in [0.717, 1.165) is 75.3 Å². The van der Waals surface area contributed by atoms with Gasteiger partial charge in [-0.05, 0) is 178 Å². The second-order valence-corrected chi connectivity index (χ2v) is 31.2. The fraction of sp³-hybridized carbons (Fsp3) is 0.706. The molecule has 2 aliphatic heterocycles. The van der Waals surface area contributed by atoms with E-state index in [2.05, 4.69) is 47.1 Å². The van der Waals surface area contributed by atoms with E-state index >= 15 is 9.90 Å². The molecule has 15 nitrogen and oxygen atoms in total. The zero-order valence-electron chi connectivity index (χ0n) is 50.0. The first kappa shape index (κ1) is 61.0. The van der Waals surface area contributed by atoms with Crippen LogP contribution in [0.5, 0.6) is 5.75 Å². The minimum absolute atomic E-state index is 0.0198. The van der Waals surface area contributed by atoms with E-state index in [9.17, 15) is 35.1 Å². The van der Waals surface area contributed by atoms with Gasteiger partial charge in [-0.3, -0.25) is 19.4 Å². The van der Waals surface area contributed by atoms with Crippen LogP contribution >= 0.6 is 21.6 Å². The molecule has 12 rings (SSSR count). The number of phenolic OH excluding ortho intramolecular Hbond substituents is 1. The number of guanidine groups is 1. The van der Waals surface area contributed by atoms with Crippen molar-refractivity contribution in [1.29, 1.82) is 0 Å². The van der Waals surface area contributed by atoms with Gasteiger partial charge in [0.15, 0.2) is 17.5 Å². The Labute approximate surface area is 510 Å². The largest absolute Gasteiger partial charge is 0.508 e. The summed E-state index contributed by atoms with van der Waals surface area (Å²) in [6, 6.07) is 8.89. The Balaban J connectivity index is 1.03. The topological polar surface area (TPSA) is 274 Å². The number of Topliss-reactive ketones (excluding diaryl/α,β-unsaturated/α-hetero) is 2. The minimum atomic E-state index is -1.87. The standard InChI is InChI=1S/C68H93N5O10S2/c1-37-12-13-40-16-19-48-38(2)27-55(77)65(3,81)62-42(9-7-8-41(29-50(48)49(40)26-37)51-34-83-63(80)56(51)43-21-24-71-32-43)30-68(82)58-53(20-22-66(62,68)23-25-72-64(69)70)67(45-10-5-4-6-11-45)31-54(76)60(78)52-36-85-84-35-44(39-14-17-46(74)18-15-39)28-47(75)33-73-59(58)61(79)57(52)67/h14-18,21,24,32,37-38,41-42,44-45,48-57,60,62,71,73-74,76-78,81-82H,4-6,9-13,19-20,22-23,25-31,33-36H2,1-3H3,(H4,69,70,72)/t37-,38-,41+,42+,44+,48+,49+,50+,51+,52+,53+,54+,55-,56-,57+,60-,62-,65+,66+,67+,68-/m1/s1. The number of aromatic nitrogens is 1. The lowest BCUT2D eigenvalue weighted by molar-refractivity contribution is -0.205. The Hall–Kier alpha value is -4.28. The zero-order chi connectivity index (χ0) is 59.7. The van der Waals surface area contributed by atoms with Gasteiger partial charge in [-0.1, -0.05) is 84.4 Å². The summed E-state index contributed by atoms with van der Waals surface area (Å²) in [6.07, 6.45) is 14.0. The number of aliphatic hydroxyl groups excluding tert-OH is 3. The number of aromatic amines is 1. The molecule has 3 heterocycles. The predicted molar refractivity (Wildman–Crippen MR) is 330 cm³/mol. The molecule has 8 aliphatic carbocycles. The van der Waals surface area contributed by atoms with Gasteiger partial charge in [0.1, 0.15) is 5.75 Å². The molecule has 21 atom stereocenters. The van der Waals surface area contributed by atoms with Crippen LogP contribution in [0.2, 0.25) is 0 Å². The number of esters is 1. The van der Waals surface area contributed by atoms with E-state index in [0.29, 0.717) is 48.2 Å². The van der Waals surface area contributed by atoms with E-state index in [-0.39, 0.29) is 128 Å². The first-order valence-electron chi connectivity index (χ1n) is 32.4. The summed E-state index contributed by atoms with van der Waals surface area (Å²) in [6.45, 7) is 6.45. The number of carbonyl (C=O) groups excluding carboxylic acids is 3. The number of nitrogens with one attached hydrogen (secondary N) is 2. The van der Waals surface area contributed by atoms with E-state index in [1.54, 1.807) is 40.6 Å². The molecule has 2 saturated heterocycles. The van der Waals surface area contributed by atoms with Gasteiger partial charge in [0, 0.05) is 84.2 Å². The Morgan fingerprint density at radius 2 is 1.67 bits per heavy atom. The van der Waals surface area contributed by atoms with Crippen LogP contribution in [0.3, 0.4) is 0 Å². The molecule has 7 fully saturated rings. The van der Waals surface area contributed by atoms with Gasteiger partial charge in [0.2, 0.25) is 0 Å². The number of allylic oxidation sites excluding steroid dienone is 3. The highest BCUT2D eigenvalue weighted by Crippen LogP contribution is 2.74. The number of ether oxygens (including phenoxy) is 1. The number of phenols is 1. The second kappa shape index (κ2) is 24.3. The van der Waals surface area contributed by atoms with Crippen LogP contribution in [-0.4, -0.2) is 120 Å². The number of hydrogen-bond donors (Lipinski definition) is 10. The fourth-order valence-corrected chi connectivity index (χ4v) is 23.4. The van der Waals surface area contributed by atoms with Crippen LogP contribution < -0.4 is 16.8 Å². The van der Waals surface area contributed by atoms with Crippen molar-refractivity contribution in [2.45, 2.75) is 178 Å². The Morgan fingerprint density at radius 1 is 0.894 bits per heavy atom. The number of hydrogen-bond acceptors (Lipinski definition) is 14. The minimum Gasteiger partial charge on any atom is -0.508 e. The summed E-state index contributed by atoms with van der Waals surface area (Å²) >= 11 is 0. The van der Waals surface area contributed by atoms with Crippen LogP contribution in [0.4, 0.5) is 0 Å². The lowest BCUT2D eigenvalue weighted by atomic mass is 9.39. The first-order chi connectivity index (χ1) is 40.8. The number of H-pyrrole nitrogens is 1. The molecule has 2 bridgehead atoms. The van der Waals surface area contributed by atoms with Crippen molar-refractivity contribution in [3.05, 3.63) is 76.8 Å². The van der Waals surface area contributed by atoms with E-state index in [1.165, 1.54) is 5.57 Å². The third-order valence-electron chi connectivity index (χ3n) is 24.3. The van der Waals surface area contributed by atoms with E-state index in [1.807, 2.05) is 30.6 Å². The Kier molecular flexibility index (Phi) is 17.4. The lowest BCUT2D eigenvalue weighted by Crippen LogP contribution is -2.69. The Bertz CT molecular complexity index is 2970. The van der Waals surface area contributed by atoms with Gasteiger partial charge in [0.05, 0.1) is 54.3 Å². The first-order valence-corrected chi connectivity index (χ1v) is 34.8. The van der Waals surface area contributed by atoms with Gasteiger partial charge >= 0.3 is 5.97 Å². The van der Waals surface area contributed by atoms with Gasteiger partial charge in [-0.25, -0.2) is 0 Å². The number of aliphatic imine (C=N–C) groups is 1. The quantitative estimate of drug-likeness (QED) is 0.0311. The molecule has 0 radical (unpaired) electrons. The van der Waals surface area contributed by atoms with Crippen molar-refractivity contribution in [2.24, 2.45) is 104 Å². The molecule has 0 unspecified atom stereocenters. The molecule has 10 aliphatic rings. The molecule has 5 saturated carbocycles. The maximum absolute atomic E-state index is 16.6. The summed E-state index contributed by atoms with van der Waals surface area (Å²) in [5, 5.41) is 80.8. The van der Waals surface area contributed by atoms with Crippen LogP contribution in [-0.2, 0) is 19.1 Å². The molecule has 12 N–H and O–H groups in total. The number of aliphatic hydroxyl groups is 5. The Morgan fingerprint density at radius 3 is 2.42 bits per heavy atom. The highest BCUT2D eigenvalue weighted by Gasteiger charge is 2.76. The van der Waals surface area contributed by atoms with Crippen molar-refractivity contribution < 1.29 is 49.8 Å². The van der Waals surface area contributed by atoms with Gasteiger partial charge in [-0.15, -0.1) is 5.92 Å². The summed E-state index contributed by atoms with van der Waals surface area (Å²) in [7, 11) is 3.16. The lowest BCUT2D eigenvalue weighted by Gasteiger charge is -2.66. The summed E-state index contributed by atoms with van der Waals surface area (Å²) in [5.41, 5.74) is 10.4. The third kappa shape index (κ3) is 10.7. The van der Waals surface area contributed by atoms with Crippen molar-refractivity contribution >= 4 is 45.1 Å². The predicted octanol–water partition coefficient (Wildman–Crippen LogP) is 8.44. The molecule has 0 spiro atoms. The summed E-state index contributed by atoms with van der Waals surface area (Å²) < 4.78 is 6.00. The zero-order valence-corrected chi connectivity index (χ0v) is 51.6. The molecule has 17 heteroatoms. The summed E-state index contributed by atoms with van der Waals surface area (Å²) in [5.74, 6) is 4.61. The van der Waals surface area contributed by atoms with Crippen molar-refractivity contribution in [3.8, 4) is 17.6 Å². The molecule has 1 aromatic carbocycles. The number of rotatable bonds is 7. The smallest absolute Gasteiger partial charge is 0.313 e. The van der Waals surface area contributed by atoms with Crippen molar-refractivity contribution in [1.82, 2.24) is 10.3 Å². The molecule has 462 valence electrons. The average molecular weight is 1200 g/mol. The van der Waals surface area contributed by atoms with Crippen molar-refractivity contribution in [2.75, 3.05) is 31.2 Å². The maximum atomic E-state index is 16.6. The maximum Gasteiger partial charge on any atom is 0.313 e. The highest BCUT2D eigenvalue weighted by atomic mass is 33.1. The van der Waals surface area contributed by atoms with Crippen molar-refractivity contribution in [3.63, 3.8) is 0 Å². The number of fused-ring (bicyclic) bond motifs is 10. The van der Waals surface area contributed by atoms with Crippen LogP contribution in [0, 0.1) is 99.6 Å². The summed E-state index contributed by atoms with van der Waals surface area (Å²) in [4.78, 5) is 53.0. The third-order valence-corrected chi connectivity index (χ3v) is 26.8. The van der Waals surface area contributed by atoms with Crippen LogP contribution in [0.25, 0.3) is 0 Å². The normalized spacial score (nSPS) is 43.5. The van der Waals surface area contributed by atoms with E-state index < -0.39 is 75.9 Å². The van der Waals surface area contributed by atoms with Gasteiger partial charge < -0.3 is 57.1 Å². The SMILES string of the molecule is C[C@@H]1CCC2=CC[C@@H]3[C@H](C[C@@H]([C@@H]4COC(=O)[C@@H]4c4cc[nH]c4)C#CC[C@H]4C[C@@]5(O)C6=C7NCC(=O)C[C@H](c8ccc(O)cc8)CSSC[C@@H]8[C@@H](O)[C@@H](O)C[C@@](C9CCCCC9)([C@@H]8C7=O)[C@H]6CC[C@]5(CCN=C(N)N)[C@H]4[C@@](C)(O)[C@H](O)C[C@H]3C)[C@H]2C1. The average Bonchev–Trinajstić information content (AvgIpc) is 1.66. The van der Waals surface area contributed by atoms with Crippen LogP contribution in [0.15, 0.2) is 70.6 Å². The molecular formula is C68H93N5O10S2. The monoisotopic (exact) mass is 1200 g/mol. The molecular weight excluding hydrogens is 1110 g/mol. The number of nitrogens with two attached hydrogens (primary N) is 2. The number of carbonyl (C=O) groups is 3. The molecule has 85 heavy (non-hydrogen) atoms. The van der Waals surface area contributed by atoms with Gasteiger partial charge in [0.25, 0.3) is 0 Å². The van der Waals surface area contributed by atoms with Gasteiger partial charge in [-0.2, -0.15) is 0 Å². The second-order valence-electron chi connectivity index (χ2n) is 28.6. The highest BCUT2D eigenvalue weighted by molar-refractivity contribution is 8.76. The van der Waals surface area contributed by atoms with Crippen LogP contribution in [0.1, 0.15) is 159 Å². The number of ketones is 2. The number of aromatic hydroxyl groups is 1. The molecule has 2 aromatic rings.